The molecule has 0 spiro atoms. The molecule has 0 saturated carbocycles. The van der Waals surface area contributed by atoms with Gasteiger partial charge in [0.15, 0.2) is 6.10 Å². The van der Waals surface area contributed by atoms with Crippen molar-refractivity contribution in [2.45, 2.75) is 40.0 Å². The smallest absolute Gasteiger partial charge is 0.261 e. The lowest BCUT2D eigenvalue weighted by molar-refractivity contribution is -0.127. The molecule has 26 heavy (non-hydrogen) atoms. The Morgan fingerprint density at radius 2 is 2.15 bits per heavy atom. The molecule has 0 aliphatic rings. The third-order valence-corrected chi connectivity index (χ3v) is 4.90. The number of benzene rings is 1. The van der Waals surface area contributed by atoms with Crippen LogP contribution in [0.5, 0.6) is 5.75 Å². The van der Waals surface area contributed by atoms with Crippen LogP contribution >= 0.6 is 27.5 Å². The van der Waals surface area contributed by atoms with Gasteiger partial charge in [0.1, 0.15) is 5.75 Å². The highest BCUT2D eigenvalue weighted by molar-refractivity contribution is 9.10. The second-order valence-electron chi connectivity index (χ2n) is 5.92. The van der Waals surface area contributed by atoms with Gasteiger partial charge < -0.3 is 14.8 Å². The number of aryl methyl sites for hydroxylation is 1. The summed E-state index contributed by atoms with van der Waals surface area (Å²) in [5, 5.41) is 8.00. The molecule has 2 rings (SSSR count). The lowest BCUT2D eigenvalue weighted by atomic mass is 10.2. The van der Waals surface area contributed by atoms with Gasteiger partial charge in [-0.1, -0.05) is 11.6 Å². The molecule has 0 bridgehead atoms. The molecule has 0 aliphatic heterocycles. The molecule has 0 aliphatic carbocycles. The minimum Gasteiger partial charge on any atom is -0.480 e. The number of carbonyl (C=O) groups is 1. The molecular weight excluding hydrogens is 422 g/mol. The van der Waals surface area contributed by atoms with Crippen LogP contribution in [-0.2, 0) is 22.6 Å². The summed E-state index contributed by atoms with van der Waals surface area (Å²) >= 11 is 9.30. The Morgan fingerprint density at radius 1 is 1.42 bits per heavy atom. The Bertz CT molecular complexity index is 779. The van der Waals surface area contributed by atoms with Crippen molar-refractivity contribution >= 4 is 33.4 Å². The average molecular weight is 445 g/mol. The van der Waals surface area contributed by atoms with E-state index >= 15 is 0 Å². The van der Waals surface area contributed by atoms with E-state index in [-0.39, 0.29) is 5.91 Å². The summed E-state index contributed by atoms with van der Waals surface area (Å²) in [6.45, 7) is 7.30. The molecule has 0 fully saturated rings. The van der Waals surface area contributed by atoms with Crippen LogP contribution in [0.2, 0.25) is 5.02 Å². The summed E-state index contributed by atoms with van der Waals surface area (Å²) in [5.41, 5.74) is 2.93. The molecule has 6 nitrogen and oxygen atoms in total. The Hall–Kier alpha value is -1.57. The van der Waals surface area contributed by atoms with E-state index in [0.717, 1.165) is 17.0 Å². The zero-order chi connectivity index (χ0) is 19.3. The number of rotatable bonds is 8. The number of hydrogen-bond donors (Lipinski definition) is 1. The van der Waals surface area contributed by atoms with E-state index in [1.165, 1.54) is 0 Å². The molecule has 1 heterocycles. The zero-order valence-electron chi connectivity index (χ0n) is 15.3. The minimum absolute atomic E-state index is 0.199. The number of amides is 1. The minimum atomic E-state index is -0.642. The number of aromatic nitrogens is 2. The summed E-state index contributed by atoms with van der Waals surface area (Å²) in [5.74, 6) is 0.368. The SMILES string of the molecule is COCCn1nc(C)c(CNC(=O)C(C)Oc2ccc(Cl)cc2Br)c1C. The second kappa shape index (κ2) is 9.39. The van der Waals surface area contributed by atoms with Crippen LogP contribution in [0.15, 0.2) is 22.7 Å². The highest BCUT2D eigenvalue weighted by atomic mass is 79.9. The summed E-state index contributed by atoms with van der Waals surface area (Å²) in [6.07, 6.45) is -0.642. The fraction of sp³-hybridized carbons (Fsp3) is 0.444. The van der Waals surface area contributed by atoms with Gasteiger partial charge in [-0.25, -0.2) is 0 Å². The van der Waals surface area contributed by atoms with Crippen LogP contribution in [0.25, 0.3) is 0 Å². The van der Waals surface area contributed by atoms with Crippen molar-refractivity contribution < 1.29 is 14.3 Å². The van der Waals surface area contributed by atoms with Crippen molar-refractivity contribution in [1.29, 1.82) is 0 Å². The molecule has 142 valence electrons. The topological polar surface area (TPSA) is 65.4 Å². The van der Waals surface area contributed by atoms with E-state index in [4.69, 9.17) is 21.1 Å². The number of methoxy groups -OCH3 is 1. The lowest BCUT2D eigenvalue weighted by Gasteiger charge is -2.16. The maximum Gasteiger partial charge on any atom is 0.261 e. The molecule has 1 amide bonds. The van der Waals surface area contributed by atoms with Gasteiger partial charge in [-0.05, 0) is 54.9 Å². The van der Waals surface area contributed by atoms with Crippen molar-refractivity contribution in [2.75, 3.05) is 13.7 Å². The molecule has 1 aromatic carbocycles. The average Bonchev–Trinajstić information content (AvgIpc) is 2.86. The molecule has 0 radical (unpaired) electrons. The molecule has 2 aromatic rings. The quantitative estimate of drug-likeness (QED) is 0.675. The first kappa shape index (κ1) is 20.7. The van der Waals surface area contributed by atoms with Crippen LogP contribution in [0.1, 0.15) is 23.9 Å². The Kier molecular flexibility index (Phi) is 7.49. The molecule has 1 N–H and O–H groups in total. The largest absolute Gasteiger partial charge is 0.480 e. The van der Waals surface area contributed by atoms with Crippen molar-refractivity contribution in [3.63, 3.8) is 0 Å². The second-order valence-corrected chi connectivity index (χ2v) is 7.21. The van der Waals surface area contributed by atoms with E-state index in [9.17, 15) is 4.79 Å². The lowest BCUT2D eigenvalue weighted by Crippen LogP contribution is -2.36. The number of ether oxygens (including phenoxy) is 2. The van der Waals surface area contributed by atoms with Gasteiger partial charge in [0, 0.05) is 29.9 Å². The first-order valence-corrected chi connectivity index (χ1v) is 9.41. The maximum atomic E-state index is 12.4. The van der Waals surface area contributed by atoms with Gasteiger partial charge in [-0.3, -0.25) is 9.48 Å². The van der Waals surface area contributed by atoms with Crippen molar-refractivity contribution in [3.05, 3.63) is 44.6 Å². The maximum absolute atomic E-state index is 12.4. The number of hydrogen-bond acceptors (Lipinski definition) is 4. The van der Waals surface area contributed by atoms with E-state index in [0.29, 0.717) is 34.9 Å². The van der Waals surface area contributed by atoms with Gasteiger partial charge in [0.2, 0.25) is 0 Å². The van der Waals surface area contributed by atoms with E-state index in [2.05, 4.69) is 26.3 Å². The van der Waals surface area contributed by atoms with Crippen molar-refractivity contribution in [3.8, 4) is 5.75 Å². The van der Waals surface area contributed by atoms with Crippen LogP contribution < -0.4 is 10.1 Å². The van der Waals surface area contributed by atoms with E-state index in [1.54, 1.807) is 32.2 Å². The van der Waals surface area contributed by atoms with Gasteiger partial charge in [0.25, 0.3) is 5.91 Å². The molecule has 1 unspecified atom stereocenters. The number of halogens is 2. The van der Waals surface area contributed by atoms with Gasteiger partial charge >= 0.3 is 0 Å². The van der Waals surface area contributed by atoms with Crippen LogP contribution in [0.3, 0.4) is 0 Å². The summed E-state index contributed by atoms with van der Waals surface area (Å²) in [6, 6.07) is 5.17. The van der Waals surface area contributed by atoms with Crippen molar-refractivity contribution in [1.82, 2.24) is 15.1 Å². The number of nitrogens with zero attached hydrogens (tertiary/aromatic N) is 2. The Balaban J connectivity index is 1.96. The highest BCUT2D eigenvalue weighted by Crippen LogP contribution is 2.28. The standard InChI is InChI=1S/C18H23BrClN3O3/c1-11-15(12(2)23(22-11)7-8-25-4)10-21-18(24)13(3)26-17-6-5-14(20)9-16(17)19/h5-6,9,13H,7-8,10H2,1-4H3,(H,21,24). The monoisotopic (exact) mass is 443 g/mol. The predicted molar refractivity (Wildman–Crippen MR) is 105 cm³/mol. The normalized spacial score (nSPS) is 12.1. The Morgan fingerprint density at radius 3 is 2.81 bits per heavy atom. The third kappa shape index (κ3) is 5.22. The summed E-state index contributed by atoms with van der Waals surface area (Å²) in [7, 11) is 1.66. The molecule has 1 atom stereocenters. The molecule has 8 heteroatoms. The fourth-order valence-electron chi connectivity index (χ4n) is 2.52. The number of carbonyl (C=O) groups excluding carboxylic acids is 1. The Labute approximate surface area is 166 Å². The van der Waals surface area contributed by atoms with E-state index < -0.39 is 6.10 Å². The highest BCUT2D eigenvalue weighted by Gasteiger charge is 2.18. The number of nitrogens with one attached hydrogen (secondary N) is 1. The zero-order valence-corrected chi connectivity index (χ0v) is 17.6. The fourth-order valence-corrected chi connectivity index (χ4v) is 3.30. The molecular formula is C18H23BrClN3O3. The third-order valence-electron chi connectivity index (χ3n) is 4.04. The molecule has 0 saturated heterocycles. The van der Waals surface area contributed by atoms with Gasteiger partial charge in [-0.15, -0.1) is 0 Å². The van der Waals surface area contributed by atoms with Gasteiger partial charge in [-0.2, -0.15) is 5.10 Å². The first-order valence-electron chi connectivity index (χ1n) is 8.24. The van der Waals surface area contributed by atoms with Crippen LogP contribution in [-0.4, -0.2) is 35.5 Å². The van der Waals surface area contributed by atoms with Crippen LogP contribution in [0, 0.1) is 13.8 Å². The molecule has 1 aromatic heterocycles. The predicted octanol–water partition coefficient (Wildman–Crippen LogP) is 3.65. The van der Waals surface area contributed by atoms with E-state index in [1.807, 2.05) is 18.5 Å². The van der Waals surface area contributed by atoms with Gasteiger partial charge in [0.05, 0.1) is 23.3 Å². The summed E-state index contributed by atoms with van der Waals surface area (Å²) < 4.78 is 13.4. The van der Waals surface area contributed by atoms with Crippen molar-refractivity contribution in [2.24, 2.45) is 0 Å². The van der Waals surface area contributed by atoms with Crippen LogP contribution in [0.4, 0.5) is 0 Å². The summed E-state index contributed by atoms with van der Waals surface area (Å²) in [4.78, 5) is 12.4. The first-order chi connectivity index (χ1) is 12.3.